The average Bonchev–Trinajstić information content (AvgIpc) is 2.62. The van der Waals surface area contributed by atoms with Gasteiger partial charge in [0.05, 0.1) is 11.1 Å². The normalized spacial score (nSPS) is 15.6. The Morgan fingerprint density at radius 2 is 1.94 bits per heavy atom. The first-order valence-electron chi connectivity index (χ1n) is 6.17. The molecule has 1 aromatic rings. The highest BCUT2D eigenvalue weighted by Gasteiger charge is 2.30. The lowest BCUT2D eigenvalue weighted by atomic mass is 9.87. The smallest absolute Gasteiger partial charge is 0.259 e. The van der Waals surface area contributed by atoms with Crippen LogP contribution in [0.5, 0.6) is 0 Å². The first kappa shape index (κ1) is 11.8. The Morgan fingerprint density at radius 1 is 1.18 bits per heavy atom. The third-order valence-corrected chi connectivity index (χ3v) is 3.37. The van der Waals surface area contributed by atoms with E-state index in [-0.39, 0.29) is 11.8 Å². The van der Waals surface area contributed by atoms with Gasteiger partial charge < -0.3 is 0 Å². The van der Waals surface area contributed by atoms with Crippen molar-refractivity contribution in [3.8, 4) is 0 Å². The largest absolute Gasteiger partial charge is 0.288 e. The maximum absolute atomic E-state index is 11.8. The number of fused-ring (bicyclic) bond motifs is 1. The van der Waals surface area contributed by atoms with Crippen LogP contribution in [0.2, 0.25) is 0 Å². The average molecular weight is 231 g/mol. The van der Waals surface area contributed by atoms with Gasteiger partial charge in [-0.1, -0.05) is 32.4 Å². The fourth-order valence-electron chi connectivity index (χ4n) is 2.51. The molecule has 0 radical (unpaired) electrons. The lowest BCUT2D eigenvalue weighted by molar-refractivity contribution is 0.0879. The van der Waals surface area contributed by atoms with Gasteiger partial charge >= 0.3 is 0 Å². The summed E-state index contributed by atoms with van der Waals surface area (Å²) in [5, 5.41) is 2.37. The van der Waals surface area contributed by atoms with Crippen molar-refractivity contribution >= 4 is 11.8 Å². The summed E-state index contributed by atoms with van der Waals surface area (Å²) in [6.45, 7) is 4.26. The second-order valence-electron chi connectivity index (χ2n) is 4.45. The molecule has 0 saturated carbocycles. The molecule has 1 aliphatic heterocycles. The van der Waals surface area contributed by atoms with E-state index in [1.165, 1.54) is 0 Å². The zero-order valence-electron chi connectivity index (χ0n) is 10.2. The molecule has 1 heterocycles. The minimum Gasteiger partial charge on any atom is -0.288 e. The SMILES string of the molecule is CCCC(CC)c1cccc2c1C(=O)NC2=O. The molecule has 1 atom stereocenters. The number of imide groups is 1. The number of rotatable bonds is 4. The van der Waals surface area contributed by atoms with Crippen LogP contribution in [0, 0.1) is 0 Å². The molecule has 1 aromatic carbocycles. The van der Waals surface area contributed by atoms with E-state index in [1.54, 1.807) is 6.07 Å². The maximum Gasteiger partial charge on any atom is 0.259 e. The van der Waals surface area contributed by atoms with Gasteiger partial charge in [-0.25, -0.2) is 0 Å². The number of carbonyl (C=O) groups is 2. The Balaban J connectivity index is 2.49. The summed E-state index contributed by atoms with van der Waals surface area (Å²) < 4.78 is 0. The Bertz CT molecular complexity index is 465. The Morgan fingerprint density at radius 3 is 2.59 bits per heavy atom. The molecule has 2 rings (SSSR count). The van der Waals surface area contributed by atoms with Crippen LogP contribution in [0.4, 0.5) is 0 Å². The summed E-state index contributed by atoms with van der Waals surface area (Å²) in [6.07, 6.45) is 3.12. The minimum absolute atomic E-state index is 0.241. The van der Waals surface area contributed by atoms with Crippen LogP contribution in [0.3, 0.4) is 0 Å². The quantitative estimate of drug-likeness (QED) is 0.810. The lowest BCUT2D eigenvalue weighted by Crippen LogP contribution is -2.20. The molecule has 0 spiro atoms. The minimum atomic E-state index is -0.266. The first-order valence-corrected chi connectivity index (χ1v) is 6.17. The zero-order chi connectivity index (χ0) is 12.4. The fraction of sp³-hybridized carbons (Fsp3) is 0.429. The number of hydrogen-bond donors (Lipinski definition) is 1. The monoisotopic (exact) mass is 231 g/mol. The molecule has 0 saturated heterocycles. The molecule has 3 nitrogen and oxygen atoms in total. The lowest BCUT2D eigenvalue weighted by Gasteiger charge is -2.16. The van der Waals surface area contributed by atoms with Crippen molar-refractivity contribution in [3.05, 3.63) is 34.9 Å². The second-order valence-corrected chi connectivity index (χ2v) is 4.45. The summed E-state index contributed by atoms with van der Waals surface area (Å²) in [5.41, 5.74) is 2.15. The standard InChI is InChI=1S/C14H17NO2/c1-3-6-9(4-2)10-7-5-8-11-12(10)14(17)15-13(11)16/h5,7-9H,3-4,6H2,1-2H3,(H,15,16,17). The van der Waals surface area contributed by atoms with E-state index in [9.17, 15) is 9.59 Å². The summed E-state index contributed by atoms with van der Waals surface area (Å²) in [7, 11) is 0. The number of benzene rings is 1. The van der Waals surface area contributed by atoms with E-state index >= 15 is 0 Å². The number of nitrogens with one attached hydrogen (secondary N) is 1. The molecule has 0 fully saturated rings. The summed E-state index contributed by atoms with van der Waals surface area (Å²) in [4.78, 5) is 23.4. The molecular weight excluding hydrogens is 214 g/mol. The molecule has 1 unspecified atom stereocenters. The molecule has 0 aliphatic carbocycles. The highest BCUT2D eigenvalue weighted by molar-refractivity contribution is 6.22. The molecule has 17 heavy (non-hydrogen) atoms. The van der Waals surface area contributed by atoms with Crippen molar-refractivity contribution in [2.24, 2.45) is 0 Å². The molecule has 0 bridgehead atoms. The molecule has 2 amide bonds. The molecule has 1 N–H and O–H groups in total. The summed E-state index contributed by atoms with van der Waals surface area (Å²) >= 11 is 0. The van der Waals surface area contributed by atoms with Gasteiger partial charge in [0.25, 0.3) is 11.8 Å². The highest BCUT2D eigenvalue weighted by Crippen LogP contribution is 2.31. The van der Waals surface area contributed by atoms with E-state index < -0.39 is 0 Å². The molecule has 0 aromatic heterocycles. The fourth-order valence-corrected chi connectivity index (χ4v) is 2.51. The Labute approximate surface area is 101 Å². The van der Waals surface area contributed by atoms with E-state index in [0.29, 0.717) is 17.0 Å². The van der Waals surface area contributed by atoms with E-state index in [0.717, 1.165) is 24.8 Å². The van der Waals surface area contributed by atoms with Crippen molar-refractivity contribution in [2.45, 2.75) is 39.0 Å². The van der Waals surface area contributed by atoms with Gasteiger partial charge in [0.2, 0.25) is 0 Å². The summed E-state index contributed by atoms with van der Waals surface area (Å²) in [5.74, 6) is -0.139. The van der Waals surface area contributed by atoms with Crippen LogP contribution >= 0.6 is 0 Å². The molecule has 1 aliphatic rings. The number of hydrogen-bond acceptors (Lipinski definition) is 2. The molecular formula is C14H17NO2. The van der Waals surface area contributed by atoms with E-state index in [1.807, 2.05) is 12.1 Å². The van der Waals surface area contributed by atoms with Gasteiger partial charge in [-0.15, -0.1) is 0 Å². The van der Waals surface area contributed by atoms with Gasteiger partial charge in [-0.2, -0.15) is 0 Å². The third-order valence-electron chi connectivity index (χ3n) is 3.37. The maximum atomic E-state index is 11.8. The van der Waals surface area contributed by atoms with Crippen LogP contribution in [0.25, 0.3) is 0 Å². The van der Waals surface area contributed by atoms with Crippen molar-refractivity contribution < 1.29 is 9.59 Å². The van der Waals surface area contributed by atoms with Gasteiger partial charge in [-0.05, 0) is 30.4 Å². The predicted molar refractivity (Wildman–Crippen MR) is 66.2 cm³/mol. The van der Waals surface area contributed by atoms with Crippen molar-refractivity contribution in [1.82, 2.24) is 5.32 Å². The van der Waals surface area contributed by atoms with Gasteiger partial charge in [0.1, 0.15) is 0 Å². The van der Waals surface area contributed by atoms with Crippen LogP contribution in [0.1, 0.15) is 65.3 Å². The Hall–Kier alpha value is -1.64. The third kappa shape index (κ3) is 1.97. The van der Waals surface area contributed by atoms with Gasteiger partial charge in [0, 0.05) is 0 Å². The number of amides is 2. The zero-order valence-corrected chi connectivity index (χ0v) is 10.2. The molecule has 3 heteroatoms. The highest BCUT2D eigenvalue weighted by atomic mass is 16.2. The Kier molecular flexibility index (Phi) is 3.27. The van der Waals surface area contributed by atoms with Crippen LogP contribution in [-0.2, 0) is 0 Å². The van der Waals surface area contributed by atoms with Crippen molar-refractivity contribution in [1.29, 1.82) is 0 Å². The summed E-state index contributed by atoms with van der Waals surface area (Å²) in [6, 6.07) is 5.56. The van der Waals surface area contributed by atoms with E-state index in [4.69, 9.17) is 0 Å². The second kappa shape index (κ2) is 4.70. The number of carbonyl (C=O) groups excluding carboxylic acids is 2. The predicted octanol–water partition coefficient (Wildman–Crippen LogP) is 2.86. The first-order chi connectivity index (χ1) is 8.19. The van der Waals surface area contributed by atoms with Gasteiger partial charge in [-0.3, -0.25) is 14.9 Å². The molecule has 90 valence electrons. The van der Waals surface area contributed by atoms with E-state index in [2.05, 4.69) is 19.2 Å². The van der Waals surface area contributed by atoms with Crippen LogP contribution in [-0.4, -0.2) is 11.8 Å². The van der Waals surface area contributed by atoms with Crippen LogP contribution in [0.15, 0.2) is 18.2 Å². The van der Waals surface area contributed by atoms with Crippen molar-refractivity contribution in [2.75, 3.05) is 0 Å². The van der Waals surface area contributed by atoms with Crippen molar-refractivity contribution in [3.63, 3.8) is 0 Å². The topological polar surface area (TPSA) is 46.2 Å². The van der Waals surface area contributed by atoms with Crippen LogP contribution < -0.4 is 5.32 Å². The van der Waals surface area contributed by atoms with Gasteiger partial charge in [0.15, 0.2) is 0 Å².